The minimum Gasteiger partial charge on any atom is -0.354 e. The molecule has 7 nitrogen and oxygen atoms in total. The zero-order chi connectivity index (χ0) is 32.4. The van der Waals surface area contributed by atoms with Crippen LogP contribution in [0.4, 0.5) is 5.69 Å². The highest BCUT2D eigenvalue weighted by molar-refractivity contribution is 9.10. The van der Waals surface area contributed by atoms with Crippen LogP contribution in [0.15, 0.2) is 112 Å². The lowest BCUT2D eigenvalue weighted by molar-refractivity contribution is -0.140. The SMILES string of the molecule is CCCCNC(=O)[C@H](Cc1ccccc1)N(Cc1ccc(Br)cc1)C(=O)CN(c1cc(Cl)ccc1Cl)S(=O)(=O)c1ccccc1. The summed E-state index contributed by atoms with van der Waals surface area (Å²) in [5.41, 5.74) is 1.68. The summed E-state index contributed by atoms with van der Waals surface area (Å²) < 4.78 is 30.0. The van der Waals surface area contributed by atoms with Crippen molar-refractivity contribution in [2.24, 2.45) is 0 Å². The Morgan fingerprint density at radius 2 is 1.51 bits per heavy atom. The van der Waals surface area contributed by atoms with E-state index >= 15 is 0 Å². The molecule has 2 amide bonds. The van der Waals surface area contributed by atoms with Crippen molar-refractivity contribution in [3.8, 4) is 0 Å². The molecule has 0 saturated carbocycles. The van der Waals surface area contributed by atoms with Crippen LogP contribution in [0.3, 0.4) is 0 Å². The topological polar surface area (TPSA) is 86.8 Å². The molecular weight excluding hydrogens is 697 g/mol. The second kappa shape index (κ2) is 16.3. The standard InChI is InChI=1S/C34H34BrCl2N3O4S/c1-2-3-20-38-34(42)32(21-25-10-6-4-7-11-25)39(23-26-14-16-27(35)17-15-26)33(41)24-40(31-22-28(36)18-19-30(31)37)45(43,44)29-12-8-5-9-13-29/h4-19,22,32H,2-3,20-21,23-24H2,1H3,(H,38,42)/t32-/m0/s1. The lowest BCUT2D eigenvalue weighted by Gasteiger charge is -2.34. The lowest BCUT2D eigenvalue weighted by atomic mass is 10.0. The van der Waals surface area contributed by atoms with E-state index in [-0.39, 0.29) is 39.5 Å². The summed E-state index contributed by atoms with van der Waals surface area (Å²) in [5.74, 6) is -0.906. The van der Waals surface area contributed by atoms with Crippen molar-refractivity contribution in [2.45, 2.75) is 43.7 Å². The van der Waals surface area contributed by atoms with Crippen LogP contribution in [0.2, 0.25) is 10.0 Å². The predicted octanol–water partition coefficient (Wildman–Crippen LogP) is 7.51. The number of nitrogens with zero attached hydrogens (tertiary/aromatic N) is 2. The van der Waals surface area contributed by atoms with Gasteiger partial charge in [0.05, 0.1) is 15.6 Å². The van der Waals surface area contributed by atoms with Gasteiger partial charge >= 0.3 is 0 Å². The molecule has 45 heavy (non-hydrogen) atoms. The molecule has 1 atom stereocenters. The number of amides is 2. The van der Waals surface area contributed by atoms with Crippen LogP contribution in [0.1, 0.15) is 30.9 Å². The van der Waals surface area contributed by atoms with Crippen LogP contribution in [-0.2, 0) is 32.6 Å². The maximum atomic E-state index is 14.5. The fraction of sp³-hybridized carbons (Fsp3) is 0.235. The molecule has 11 heteroatoms. The average molecular weight is 732 g/mol. The Kier molecular flexibility index (Phi) is 12.5. The Hall–Kier alpha value is -3.37. The summed E-state index contributed by atoms with van der Waals surface area (Å²) in [6.07, 6.45) is 1.89. The zero-order valence-electron chi connectivity index (χ0n) is 24.7. The monoisotopic (exact) mass is 729 g/mol. The number of halogens is 3. The first kappa shape index (κ1) is 34.5. The number of benzene rings is 4. The van der Waals surface area contributed by atoms with Gasteiger partial charge in [0.25, 0.3) is 10.0 Å². The van der Waals surface area contributed by atoms with E-state index in [1.54, 1.807) is 24.3 Å². The third kappa shape index (κ3) is 9.33. The van der Waals surface area contributed by atoms with Gasteiger partial charge in [0, 0.05) is 29.0 Å². The molecule has 0 aliphatic carbocycles. The second-order valence-corrected chi connectivity index (χ2v) is 14.0. The molecule has 0 aliphatic rings. The van der Waals surface area contributed by atoms with Gasteiger partial charge in [-0.2, -0.15) is 0 Å². The highest BCUT2D eigenvalue weighted by Gasteiger charge is 2.35. The van der Waals surface area contributed by atoms with Crippen LogP contribution in [-0.4, -0.2) is 44.3 Å². The minimum absolute atomic E-state index is 0.0218. The summed E-state index contributed by atoms with van der Waals surface area (Å²) in [6.45, 7) is 1.92. The molecule has 0 unspecified atom stereocenters. The fourth-order valence-corrected chi connectivity index (χ4v) is 6.90. The van der Waals surface area contributed by atoms with E-state index in [0.29, 0.717) is 6.54 Å². The first-order valence-electron chi connectivity index (χ1n) is 14.5. The lowest BCUT2D eigenvalue weighted by Crippen LogP contribution is -2.53. The first-order valence-corrected chi connectivity index (χ1v) is 17.5. The number of rotatable bonds is 14. The van der Waals surface area contributed by atoms with Crippen molar-refractivity contribution >= 4 is 66.7 Å². The summed E-state index contributed by atoms with van der Waals surface area (Å²) in [6, 6.07) is 28.1. The Bertz CT molecular complexity index is 1690. The van der Waals surface area contributed by atoms with Crippen molar-refractivity contribution in [1.29, 1.82) is 0 Å². The zero-order valence-corrected chi connectivity index (χ0v) is 28.6. The van der Waals surface area contributed by atoms with E-state index in [9.17, 15) is 18.0 Å². The maximum absolute atomic E-state index is 14.5. The molecule has 0 radical (unpaired) electrons. The average Bonchev–Trinajstić information content (AvgIpc) is 3.04. The molecule has 0 fully saturated rings. The molecule has 0 bridgehead atoms. The maximum Gasteiger partial charge on any atom is 0.264 e. The van der Waals surface area contributed by atoms with E-state index in [1.807, 2.05) is 61.5 Å². The van der Waals surface area contributed by atoms with Gasteiger partial charge in [-0.3, -0.25) is 13.9 Å². The van der Waals surface area contributed by atoms with Gasteiger partial charge in [-0.05, 0) is 60.0 Å². The second-order valence-electron chi connectivity index (χ2n) is 10.4. The summed E-state index contributed by atoms with van der Waals surface area (Å²) in [7, 11) is -4.29. The fourth-order valence-electron chi connectivity index (χ4n) is 4.76. The third-order valence-electron chi connectivity index (χ3n) is 7.15. The molecule has 0 saturated heterocycles. The number of carbonyl (C=O) groups is 2. The summed E-state index contributed by atoms with van der Waals surface area (Å²) in [5, 5.41) is 3.33. The Morgan fingerprint density at radius 3 is 2.16 bits per heavy atom. The number of unbranched alkanes of at least 4 members (excludes halogenated alkanes) is 1. The number of hydrogen-bond acceptors (Lipinski definition) is 4. The number of hydrogen-bond donors (Lipinski definition) is 1. The summed E-state index contributed by atoms with van der Waals surface area (Å²) >= 11 is 16.3. The normalized spacial score (nSPS) is 11.9. The van der Waals surface area contributed by atoms with Gasteiger partial charge < -0.3 is 10.2 Å². The Morgan fingerprint density at radius 1 is 0.867 bits per heavy atom. The van der Waals surface area contributed by atoms with Crippen molar-refractivity contribution in [3.05, 3.63) is 129 Å². The molecule has 4 aromatic rings. The largest absolute Gasteiger partial charge is 0.354 e. The Balaban J connectivity index is 1.81. The molecule has 4 aromatic carbocycles. The van der Waals surface area contributed by atoms with E-state index in [2.05, 4.69) is 21.2 Å². The van der Waals surface area contributed by atoms with E-state index in [0.717, 1.165) is 32.7 Å². The van der Waals surface area contributed by atoms with E-state index < -0.39 is 28.5 Å². The van der Waals surface area contributed by atoms with E-state index in [1.165, 1.54) is 29.2 Å². The van der Waals surface area contributed by atoms with Crippen molar-refractivity contribution in [2.75, 3.05) is 17.4 Å². The smallest absolute Gasteiger partial charge is 0.264 e. The van der Waals surface area contributed by atoms with Crippen molar-refractivity contribution in [1.82, 2.24) is 10.2 Å². The van der Waals surface area contributed by atoms with Crippen molar-refractivity contribution in [3.63, 3.8) is 0 Å². The van der Waals surface area contributed by atoms with Crippen LogP contribution >= 0.6 is 39.1 Å². The molecule has 0 spiro atoms. The molecule has 0 heterocycles. The van der Waals surface area contributed by atoms with Crippen LogP contribution in [0, 0.1) is 0 Å². The van der Waals surface area contributed by atoms with Gasteiger partial charge in [0.2, 0.25) is 11.8 Å². The highest BCUT2D eigenvalue weighted by atomic mass is 79.9. The third-order valence-corrected chi connectivity index (χ3v) is 10.0. The molecule has 1 N–H and O–H groups in total. The molecule has 236 valence electrons. The van der Waals surface area contributed by atoms with Crippen molar-refractivity contribution < 1.29 is 18.0 Å². The molecular formula is C34H34BrCl2N3O4S. The molecule has 0 aliphatic heterocycles. The minimum atomic E-state index is -4.29. The van der Waals surface area contributed by atoms with E-state index in [4.69, 9.17) is 23.2 Å². The number of anilines is 1. The quantitative estimate of drug-likeness (QED) is 0.136. The molecule has 4 rings (SSSR count). The molecule has 0 aromatic heterocycles. The number of sulfonamides is 1. The van der Waals surface area contributed by atoms with Crippen LogP contribution in [0.25, 0.3) is 0 Å². The number of carbonyl (C=O) groups excluding carboxylic acids is 2. The summed E-state index contributed by atoms with van der Waals surface area (Å²) in [4.78, 5) is 29.7. The Labute approximate surface area is 283 Å². The van der Waals surface area contributed by atoms with Crippen LogP contribution < -0.4 is 9.62 Å². The van der Waals surface area contributed by atoms with Gasteiger partial charge in [-0.15, -0.1) is 0 Å². The first-order chi connectivity index (χ1) is 21.6. The predicted molar refractivity (Wildman–Crippen MR) is 184 cm³/mol. The van der Waals surface area contributed by atoms with Gasteiger partial charge in [0.1, 0.15) is 12.6 Å². The van der Waals surface area contributed by atoms with Gasteiger partial charge in [-0.25, -0.2) is 8.42 Å². The van der Waals surface area contributed by atoms with Crippen LogP contribution in [0.5, 0.6) is 0 Å². The van der Waals surface area contributed by atoms with Gasteiger partial charge in [-0.1, -0.05) is 113 Å². The van der Waals surface area contributed by atoms with Gasteiger partial charge in [0.15, 0.2) is 0 Å². The number of nitrogens with one attached hydrogen (secondary N) is 1. The highest BCUT2D eigenvalue weighted by Crippen LogP contribution is 2.33.